The molecule has 1 amide bonds. The van der Waals surface area contributed by atoms with Gasteiger partial charge in [-0.3, -0.25) is 9.59 Å². The molecule has 0 heterocycles. The number of allylic oxidation sites excluding steroid dienone is 2. The molecule has 0 aromatic rings. The zero-order chi connectivity index (χ0) is 54.3. The Labute approximate surface area is 469 Å². The van der Waals surface area contributed by atoms with E-state index in [1.807, 2.05) is 0 Å². The normalized spacial score (nSPS) is 12.5. The molecule has 446 valence electrons. The standard InChI is InChI=1S/C69H135NO5/c1-3-5-7-9-11-13-15-17-19-21-23-24-25-27-29-33-37-41-45-49-53-57-61-67(72)66(65-71)70-68(73)62-58-54-50-46-42-38-34-30-28-32-36-40-44-48-52-56-60-64-75-69(74)63-59-55-51-47-43-39-35-31-26-22-20-18-16-14-12-10-8-6-4-2/h28,32,66-67,71-72H,3-27,29-31,33-65H2,1-2H3,(H,70,73)/b32-28-. The van der Waals surface area contributed by atoms with Gasteiger partial charge in [-0.25, -0.2) is 0 Å². The van der Waals surface area contributed by atoms with Crippen LogP contribution in [0, 0.1) is 0 Å². The van der Waals surface area contributed by atoms with Gasteiger partial charge in [-0.15, -0.1) is 0 Å². The Morgan fingerprint density at radius 3 is 0.947 bits per heavy atom. The number of unbranched alkanes of at least 4 members (excludes halogenated alkanes) is 52. The highest BCUT2D eigenvalue weighted by atomic mass is 16.5. The summed E-state index contributed by atoms with van der Waals surface area (Å²) in [4.78, 5) is 24.7. The molecule has 0 aromatic carbocycles. The highest BCUT2D eigenvalue weighted by Gasteiger charge is 2.20. The molecule has 2 unspecified atom stereocenters. The van der Waals surface area contributed by atoms with Crippen LogP contribution in [0.15, 0.2) is 12.2 Å². The van der Waals surface area contributed by atoms with Gasteiger partial charge in [0.2, 0.25) is 5.91 Å². The maximum atomic E-state index is 12.5. The lowest BCUT2D eigenvalue weighted by Crippen LogP contribution is -2.45. The third-order valence-electron chi connectivity index (χ3n) is 16.3. The van der Waals surface area contributed by atoms with Gasteiger partial charge >= 0.3 is 5.97 Å². The Morgan fingerprint density at radius 2 is 0.627 bits per heavy atom. The highest BCUT2D eigenvalue weighted by molar-refractivity contribution is 5.76. The smallest absolute Gasteiger partial charge is 0.305 e. The van der Waals surface area contributed by atoms with Crippen molar-refractivity contribution in [2.24, 2.45) is 0 Å². The van der Waals surface area contributed by atoms with E-state index in [2.05, 4.69) is 31.3 Å². The van der Waals surface area contributed by atoms with E-state index in [-0.39, 0.29) is 18.5 Å². The van der Waals surface area contributed by atoms with Crippen molar-refractivity contribution in [3.8, 4) is 0 Å². The molecule has 75 heavy (non-hydrogen) atoms. The summed E-state index contributed by atoms with van der Waals surface area (Å²) in [5.41, 5.74) is 0. The summed E-state index contributed by atoms with van der Waals surface area (Å²) in [5, 5.41) is 23.4. The maximum Gasteiger partial charge on any atom is 0.305 e. The number of rotatable bonds is 65. The van der Waals surface area contributed by atoms with Crippen LogP contribution in [0.1, 0.15) is 393 Å². The molecule has 0 aliphatic heterocycles. The second kappa shape index (κ2) is 65.1. The van der Waals surface area contributed by atoms with Crippen LogP contribution >= 0.6 is 0 Å². The van der Waals surface area contributed by atoms with E-state index >= 15 is 0 Å². The second-order valence-electron chi connectivity index (χ2n) is 23.9. The minimum Gasteiger partial charge on any atom is -0.466 e. The van der Waals surface area contributed by atoms with E-state index in [4.69, 9.17) is 4.74 Å². The molecule has 0 bridgehead atoms. The summed E-state index contributed by atoms with van der Waals surface area (Å²) in [6, 6.07) is -0.551. The highest BCUT2D eigenvalue weighted by Crippen LogP contribution is 2.19. The minimum absolute atomic E-state index is 0.00438. The molecule has 3 N–H and O–H groups in total. The van der Waals surface area contributed by atoms with E-state index in [0.717, 1.165) is 51.4 Å². The van der Waals surface area contributed by atoms with Crippen molar-refractivity contribution in [2.75, 3.05) is 13.2 Å². The van der Waals surface area contributed by atoms with Gasteiger partial charge in [-0.05, 0) is 51.4 Å². The molecule has 0 radical (unpaired) electrons. The van der Waals surface area contributed by atoms with E-state index < -0.39 is 12.1 Å². The van der Waals surface area contributed by atoms with Crippen LogP contribution in [-0.4, -0.2) is 47.4 Å². The van der Waals surface area contributed by atoms with Gasteiger partial charge in [-0.2, -0.15) is 0 Å². The molecule has 0 fully saturated rings. The quantitative estimate of drug-likeness (QED) is 0.0320. The first kappa shape index (κ1) is 73.6. The zero-order valence-corrected chi connectivity index (χ0v) is 51.1. The topological polar surface area (TPSA) is 95.9 Å². The lowest BCUT2D eigenvalue weighted by molar-refractivity contribution is -0.143. The number of aliphatic hydroxyl groups excluding tert-OH is 2. The minimum atomic E-state index is -0.673. The summed E-state index contributed by atoms with van der Waals surface area (Å²) in [7, 11) is 0. The van der Waals surface area contributed by atoms with Crippen LogP contribution in [0.5, 0.6) is 0 Å². The number of aliphatic hydroxyl groups is 2. The van der Waals surface area contributed by atoms with Crippen LogP contribution in [0.2, 0.25) is 0 Å². The average molecular weight is 1060 g/mol. The Morgan fingerprint density at radius 1 is 0.360 bits per heavy atom. The Bertz CT molecular complexity index is 1130. The molecule has 0 saturated carbocycles. The van der Waals surface area contributed by atoms with Crippen LogP contribution in [-0.2, 0) is 14.3 Å². The molecule has 2 atom stereocenters. The van der Waals surface area contributed by atoms with Crippen molar-refractivity contribution in [1.29, 1.82) is 0 Å². The summed E-state index contributed by atoms with van der Waals surface area (Å²) < 4.78 is 5.50. The Balaban J connectivity index is 3.42. The number of nitrogens with one attached hydrogen (secondary N) is 1. The summed E-state index contributed by atoms with van der Waals surface area (Å²) >= 11 is 0. The molecule has 0 aliphatic rings. The summed E-state index contributed by atoms with van der Waals surface area (Å²) in [6.07, 6.45) is 79.6. The fourth-order valence-corrected chi connectivity index (χ4v) is 11.1. The van der Waals surface area contributed by atoms with Gasteiger partial charge in [0.1, 0.15) is 0 Å². The number of carbonyl (C=O) groups excluding carboxylic acids is 2. The molecule has 6 heteroatoms. The first-order valence-corrected chi connectivity index (χ1v) is 34.4. The summed E-state index contributed by atoms with van der Waals surface area (Å²) in [5.74, 6) is -0.0378. The molecule has 0 rings (SSSR count). The number of esters is 1. The lowest BCUT2D eigenvalue weighted by atomic mass is 10.0. The first-order chi connectivity index (χ1) is 37.0. The molecule has 0 spiro atoms. The third-order valence-corrected chi connectivity index (χ3v) is 16.3. The van der Waals surface area contributed by atoms with Gasteiger partial charge in [0.15, 0.2) is 0 Å². The van der Waals surface area contributed by atoms with E-state index in [1.54, 1.807) is 0 Å². The molecule has 0 aromatic heterocycles. The van der Waals surface area contributed by atoms with Crippen LogP contribution in [0.4, 0.5) is 0 Å². The number of hydrogen-bond donors (Lipinski definition) is 3. The van der Waals surface area contributed by atoms with Gasteiger partial charge in [0.05, 0.1) is 25.4 Å². The van der Waals surface area contributed by atoms with Gasteiger partial charge in [0.25, 0.3) is 0 Å². The average Bonchev–Trinajstić information content (AvgIpc) is 3.41. The number of carbonyl (C=O) groups is 2. The van der Waals surface area contributed by atoms with Crippen molar-refractivity contribution in [1.82, 2.24) is 5.32 Å². The fourth-order valence-electron chi connectivity index (χ4n) is 11.1. The van der Waals surface area contributed by atoms with Crippen LogP contribution in [0.25, 0.3) is 0 Å². The molecule has 6 nitrogen and oxygen atoms in total. The van der Waals surface area contributed by atoms with Crippen molar-refractivity contribution in [2.45, 2.75) is 405 Å². The molecular formula is C69H135NO5. The third kappa shape index (κ3) is 61.7. The van der Waals surface area contributed by atoms with Gasteiger partial charge in [0, 0.05) is 12.8 Å². The van der Waals surface area contributed by atoms with Crippen LogP contribution < -0.4 is 5.32 Å². The number of ether oxygens (including phenoxy) is 1. The Kier molecular flexibility index (Phi) is 63.9. The zero-order valence-electron chi connectivity index (χ0n) is 51.1. The number of amides is 1. The fraction of sp³-hybridized carbons (Fsp3) is 0.942. The maximum absolute atomic E-state index is 12.5. The molecule has 0 saturated heterocycles. The monoisotopic (exact) mass is 1060 g/mol. The van der Waals surface area contributed by atoms with E-state index in [9.17, 15) is 19.8 Å². The van der Waals surface area contributed by atoms with Crippen molar-refractivity contribution in [3.05, 3.63) is 12.2 Å². The molecular weight excluding hydrogens is 923 g/mol. The van der Waals surface area contributed by atoms with Crippen molar-refractivity contribution < 1.29 is 24.5 Å². The van der Waals surface area contributed by atoms with Gasteiger partial charge in [-0.1, -0.05) is 341 Å². The van der Waals surface area contributed by atoms with Crippen molar-refractivity contribution >= 4 is 11.9 Å². The Hall–Kier alpha value is -1.40. The first-order valence-electron chi connectivity index (χ1n) is 34.4. The second-order valence-corrected chi connectivity index (χ2v) is 23.9. The summed E-state index contributed by atoms with van der Waals surface area (Å²) in [6.45, 7) is 4.98. The molecule has 0 aliphatic carbocycles. The lowest BCUT2D eigenvalue weighted by Gasteiger charge is -2.22. The van der Waals surface area contributed by atoms with Gasteiger partial charge < -0.3 is 20.3 Å². The predicted molar refractivity (Wildman–Crippen MR) is 329 cm³/mol. The predicted octanol–water partition coefficient (Wildman–Crippen LogP) is 22.0. The van der Waals surface area contributed by atoms with E-state index in [0.29, 0.717) is 25.9 Å². The van der Waals surface area contributed by atoms with Crippen molar-refractivity contribution in [3.63, 3.8) is 0 Å². The number of hydrogen-bond acceptors (Lipinski definition) is 5. The largest absolute Gasteiger partial charge is 0.466 e. The van der Waals surface area contributed by atoms with E-state index in [1.165, 1.54) is 308 Å². The SMILES string of the molecule is CCCCCCCCCCCCCCCCCCCCCCCCC(O)C(CO)NC(=O)CCCCCCCCC/C=C\CCCCCCCCOC(=O)CCCCCCCCCCCCCCCCCCCCC. The van der Waals surface area contributed by atoms with Crippen LogP contribution in [0.3, 0.4) is 0 Å².